The molecule has 1 atom stereocenters. The maximum Gasteiger partial charge on any atom is 0.207 e. The summed E-state index contributed by atoms with van der Waals surface area (Å²) in [6, 6.07) is 0. The molecule has 1 unspecified atom stereocenters. The van der Waals surface area contributed by atoms with Crippen LogP contribution in [0.15, 0.2) is 0 Å². The molecule has 0 saturated carbocycles. The first kappa shape index (κ1) is 21.8. The maximum absolute atomic E-state index is 6.14. The molecule has 0 aliphatic carbocycles. The molecule has 0 saturated heterocycles. The van der Waals surface area contributed by atoms with Crippen LogP contribution in [0.4, 0.5) is 0 Å². The van der Waals surface area contributed by atoms with Gasteiger partial charge in [0.25, 0.3) is 0 Å². The molecule has 1 nitrogen and oxygen atoms in total. The van der Waals surface area contributed by atoms with Gasteiger partial charge in [-0.25, -0.2) is 0 Å². The van der Waals surface area contributed by atoms with E-state index in [-0.39, 0.29) is 5.41 Å². The Morgan fingerprint density at radius 3 is 1.71 bits per heavy atom. The van der Waals surface area contributed by atoms with Gasteiger partial charge < -0.3 is 4.43 Å². The van der Waals surface area contributed by atoms with Gasteiger partial charge in [-0.1, -0.05) is 78.6 Å². The summed E-state index contributed by atoms with van der Waals surface area (Å²) in [4.78, 5) is 0. The van der Waals surface area contributed by atoms with Gasteiger partial charge >= 0.3 is 0 Å². The molecule has 0 bridgehead atoms. The van der Waals surface area contributed by atoms with Gasteiger partial charge in [-0.2, -0.15) is 0 Å². The van der Waals surface area contributed by atoms with Crippen LogP contribution in [-0.4, -0.2) is 15.0 Å². The number of halogens is 2. The molecule has 21 heavy (non-hydrogen) atoms. The van der Waals surface area contributed by atoms with Gasteiger partial charge in [0, 0.05) is 6.42 Å². The van der Waals surface area contributed by atoms with Crippen molar-refractivity contribution in [2.24, 2.45) is 22.2 Å². The number of rotatable bonds is 8. The van der Waals surface area contributed by atoms with Crippen LogP contribution in [0.2, 0.25) is 0 Å². The van der Waals surface area contributed by atoms with Gasteiger partial charge in [-0.3, -0.25) is 0 Å². The number of hydrogen-bond donors (Lipinski definition) is 0. The van der Waals surface area contributed by atoms with Crippen LogP contribution in [0, 0.1) is 22.2 Å². The van der Waals surface area contributed by atoms with E-state index in [1.165, 1.54) is 12.8 Å². The first-order valence-electron chi connectivity index (χ1n) is 8.01. The predicted molar refractivity (Wildman–Crippen MR) is 100 cm³/mol. The highest BCUT2D eigenvalue weighted by Gasteiger charge is 2.34. The second-order valence-corrected chi connectivity index (χ2v) is 11.4. The Hall–Kier alpha value is 0.757. The highest BCUT2D eigenvalue weighted by atomic mass is 35.5. The summed E-state index contributed by atoms with van der Waals surface area (Å²) in [5.41, 5.74) is 0.991. The molecular formula is C17H36Cl2OSi. The summed E-state index contributed by atoms with van der Waals surface area (Å²) >= 11 is 12.3. The molecule has 0 spiro atoms. The van der Waals surface area contributed by atoms with E-state index in [0.717, 1.165) is 6.42 Å². The lowest BCUT2D eigenvalue weighted by molar-refractivity contribution is 0.108. The molecule has 0 aromatic heterocycles. The first-order valence-corrected chi connectivity index (χ1v) is 9.58. The third-order valence-electron chi connectivity index (χ3n) is 3.75. The van der Waals surface area contributed by atoms with Crippen LogP contribution in [0.1, 0.15) is 81.1 Å². The van der Waals surface area contributed by atoms with Gasteiger partial charge in [-0.05, 0) is 41.4 Å². The normalized spacial score (nSPS) is 16.3. The minimum atomic E-state index is -0.997. The highest BCUT2D eigenvalue weighted by Crippen LogP contribution is 2.45. The number of hydrogen-bond acceptors (Lipinski definition) is 1. The van der Waals surface area contributed by atoms with Crippen molar-refractivity contribution in [3.8, 4) is 0 Å². The van der Waals surface area contributed by atoms with Crippen LogP contribution in [-0.2, 0) is 4.43 Å². The monoisotopic (exact) mass is 354 g/mol. The summed E-state index contributed by atoms with van der Waals surface area (Å²) in [6.07, 6.45) is 4.26. The average Bonchev–Trinajstić information content (AvgIpc) is 2.08. The lowest BCUT2D eigenvalue weighted by Gasteiger charge is -2.40. The molecule has 0 aliphatic heterocycles. The van der Waals surface area contributed by atoms with E-state index >= 15 is 0 Å². The zero-order valence-electron chi connectivity index (χ0n) is 15.6. The Morgan fingerprint density at radius 2 is 1.33 bits per heavy atom. The van der Waals surface area contributed by atoms with E-state index in [0.29, 0.717) is 33.7 Å². The average molecular weight is 355 g/mol. The summed E-state index contributed by atoms with van der Waals surface area (Å²) < 4.78 is 4.26. The minimum absolute atomic E-state index is 0.281. The van der Waals surface area contributed by atoms with Crippen molar-refractivity contribution < 1.29 is 4.43 Å². The van der Waals surface area contributed by atoms with Crippen molar-refractivity contribution in [2.75, 3.05) is 0 Å². The van der Waals surface area contributed by atoms with Gasteiger partial charge in [0.05, 0.1) is 0 Å². The Kier molecular flexibility index (Phi) is 7.82. The first-order chi connectivity index (χ1) is 9.08. The van der Waals surface area contributed by atoms with Gasteiger partial charge in [-0.15, -0.1) is 0 Å². The van der Waals surface area contributed by atoms with Gasteiger partial charge in [0.1, 0.15) is 10.5 Å². The van der Waals surface area contributed by atoms with Gasteiger partial charge in [0.15, 0.2) is 0 Å². The summed E-state index contributed by atoms with van der Waals surface area (Å²) in [7, 11) is 0.569. The molecule has 0 aliphatic rings. The maximum atomic E-state index is 6.14. The second-order valence-electron chi connectivity index (χ2n) is 9.60. The smallest absolute Gasteiger partial charge is 0.207 e. The van der Waals surface area contributed by atoms with Crippen molar-refractivity contribution in [1.29, 1.82) is 0 Å². The standard InChI is InChI=1S/C17H36Cl2OSi/c1-13(10-17(18,19)20-21)9-15(5,6)12-16(7,8)11-14(2,3)4/h13H,9-12H2,1-8,21H3. The van der Waals surface area contributed by atoms with E-state index in [9.17, 15) is 0 Å². The quantitative estimate of drug-likeness (QED) is 0.400. The second kappa shape index (κ2) is 7.55. The van der Waals surface area contributed by atoms with Crippen molar-refractivity contribution >= 4 is 33.7 Å². The van der Waals surface area contributed by atoms with Crippen LogP contribution in [0.5, 0.6) is 0 Å². The van der Waals surface area contributed by atoms with Crippen molar-refractivity contribution in [3.63, 3.8) is 0 Å². The molecule has 0 fully saturated rings. The van der Waals surface area contributed by atoms with Crippen LogP contribution in [0.3, 0.4) is 0 Å². The topological polar surface area (TPSA) is 9.23 Å². The number of alkyl halides is 2. The van der Waals surface area contributed by atoms with Crippen molar-refractivity contribution in [1.82, 2.24) is 0 Å². The largest absolute Gasteiger partial charge is 0.399 e. The van der Waals surface area contributed by atoms with Gasteiger partial charge in [0.2, 0.25) is 4.52 Å². The molecule has 0 aromatic carbocycles. The van der Waals surface area contributed by atoms with E-state index in [4.69, 9.17) is 27.6 Å². The third-order valence-corrected chi connectivity index (χ3v) is 5.58. The summed E-state index contributed by atoms with van der Waals surface area (Å²) in [5, 5.41) is 0. The van der Waals surface area contributed by atoms with Crippen LogP contribution in [0.25, 0.3) is 0 Å². The fourth-order valence-corrected chi connectivity index (χ4v) is 5.06. The Balaban J connectivity index is 4.62. The van der Waals surface area contributed by atoms with E-state index in [1.807, 2.05) is 0 Å². The van der Waals surface area contributed by atoms with Crippen LogP contribution < -0.4 is 0 Å². The Labute approximate surface area is 146 Å². The fraction of sp³-hybridized carbons (Fsp3) is 1.00. The zero-order chi connectivity index (χ0) is 17.1. The molecule has 128 valence electrons. The van der Waals surface area contributed by atoms with Crippen LogP contribution >= 0.6 is 23.2 Å². The molecule has 0 radical (unpaired) electrons. The van der Waals surface area contributed by atoms with Crippen molar-refractivity contribution in [3.05, 3.63) is 0 Å². The van der Waals surface area contributed by atoms with Crippen molar-refractivity contribution in [2.45, 2.75) is 85.6 Å². The fourth-order valence-electron chi connectivity index (χ4n) is 4.37. The lowest BCUT2D eigenvalue weighted by atomic mass is 9.66. The third kappa shape index (κ3) is 11.0. The Bertz CT molecular complexity index is 319. The summed E-state index contributed by atoms with van der Waals surface area (Å²) in [6.45, 7) is 18.7. The molecule has 0 heterocycles. The molecule has 0 aromatic rings. The SMILES string of the molecule is CC(CC(C)(C)CC(C)(C)CC(C)(C)C)CC(Cl)(Cl)O[SiH3]. The molecule has 4 heteroatoms. The molecule has 0 amide bonds. The van der Waals surface area contributed by atoms with E-state index in [2.05, 4.69) is 55.4 Å². The lowest BCUT2D eigenvalue weighted by Crippen LogP contribution is -2.30. The zero-order valence-corrected chi connectivity index (χ0v) is 19.1. The molecular weight excluding hydrogens is 319 g/mol. The molecule has 0 rings (SSSR count). The Morgan fingerprint density at radius 1 is 0.857 bits per heavy atom. The van der Waals surface area contributed by atoms with E-state index < -0.39 is 4.52 Å². The molecule has 0 N–H and O–H groups in total. The summed E-state index contributed by atoms with van der Waals surface area (Å²) in [5.74, 6) is 0.453. The van der Waals surface area contributed by atoms with E-state index in [1.54, 1.807) is 0 Å². The minimum Gasteiger partial charge on any atom is -0.399 e. The highest BCUT2D eigenvalue weighted by molar-refractivity contribution is 6.48. The predicted octanol–water partition coefficient (Wildman–Crippen LogP) is 5.71.